The third-order valence-electron chi connectivity index (χ3n) is 2.06. The highest BCUT2D eigenvalue weighted by Gasteiger charge is 2.09. The highest BCUT2D eigenvalue weighted by molar-refractivity contribution is 5.85. The van der Waals surface area contributed by atoms with Crippen molar-refractivity contribution in [3.05, 3.63) is 30.3 Å². The third kappa shape index (κ3) is 6.14. The maximum atomic E-state index is 11.2. The van der Waals surface area contributed by atoms with Crippen molar-refractivity contribution in [1.29, 1.82) is 0 Å². The summed E-state index contributed by atoms with van der Waals surface area (Å²) in [4.78, 5) is 11.2. The molecule has 0 fully saturated rings. The molecule has 1 aromatic rings. The van der Waals surface area contributed by atoms with Crippen LogP contribution in [0.1, 0.15) is 13.8 Å². The molecule has 0 saturated carbocycles. The maximum Gasteiger partial charge on any atom is 0.236 e. The summed E-state index contributed by atoms with van der Waals surface area (Å²) in [5.41, 5.74) is 5.42. The molecule has 0 aliphatic heterocycles. The molecule has 5 heteroatoms. The number of benzene rings is 1. The molecule has 0 saturated heterocycles. The normalized spacial score (nSPS) is 13.1. The number of hydrogen-bond donors (Lipinski definition) is 2. The zero-order valence-electron chi connectivity index (χ0n) is 10.1. The zero-order chi connectivity index (χ0) is 12.0. The van der Waals surface area contributed by atoms with E-state index < -0.39 is 6.04 Å². The second-order valence-electron chi connectivity index (χ2n) is 3.78. The molecule has 17 heavy (non-hydrogen) atoms. The fourth-order valence-corrected chi connectivity index (χ4v) is 1.18. The summed E-state index contributed by atoms with van der Waals surface area (Å²) in [7, 11) is 0. The van der Waals surface area contributed by atoms with Gasteiger partial charge in [-0.05, 0) is 26.0 Å². The minimum absolute atomic E-state index is 0. The number of carbonyl (C=O) groups excluding carboxylic acids is 1. The van der Waals surface area contributed by atoms with E-state index in [1.807, 2.05) is 37.3 Å². The molecular weight excluding hydrogens is 240 g/mol. The molecule has 1 amide bonds. The van der Waals surface area contributed by atoms with Crippen LogP contribution in [0.4, 0.5) is 0 Å². The van der Waals surface area contributed by atoms with Crippen molar-refractivity contribution in [3.63, 3.8) is 0 Å². The minimum Gasteiger partial charge on any atom is -0.489 e. The van der Waals surface area contributed by atoms with Crippen molar-refractivity contribution in [2.24, 2.45) is 5.73 Å². The average molecular weight is 259 g/mol. The molecule has 0 aliphatic carbocycles. The van der Waals surface area contributed by atoms with E-state index in [1.54, 1.807) is 6.92 Å². The molecule has 0 radical (unpaired) electrons. The van der Waals surface area contributed by atoms with Gasteiger partial charge in [-0.15, -0.1) is 12.4 Å². The molecule has 4 nitrogen and oxygen atoms in total. The van der Waals surface area contributed by atoms with Gasteiger partial charge in [0.2, 0.25) is 5.91 Å². The molecule has 0 heterocycles. The van der Waals surface area contributed by atoms with Crippen LogP contribution in [0.15, 0.2) is 30.3 Å². The molecule has 1 rings (SSSR count). The fraction of sp³-hybridized carbons (Fsp3) is 0.417. The Labute approximate surface area is 108 Å². The second-order valence-corrected chi connectivity index (χ2v) is 3.78. The number of nitrogens with two attached hydrogens (primary N) is 1. The number of carbonyl (C=O) groups is 1. The van der Waals surface area contributed by atoms with Crippen molar-refractivity contribution in [2.45, 2.75) is 26.0 Å². The van der Waals surface area contributed by atoms with E-state index in [9.17, 15) is 4.79 Å². The number of nitrogens with one attached hydrogen (secondary N) is 1. The predicted octanol–water partition coefficient (Wildman–Crippen LogP) is 1.34. The number of rotatable bonds is 5. The lowest BCUT2D eigenvalue weighted by molar-refractivity contribution is -0.122. The monoisotopic (exact) mass is 258 g/mol. The van der Waals surface area contributed by atoms with Crippen molar-refractivity contribution >= 4 is 18.3 Å². The molecule has 96 valence electrons. The predicted molar refractivity (Wildman–Crippen MR) is 70.4 cm³/mol. The average Bonchev–Trinajstić information content (AvgIpc) is 2.27. The van der Waals surface area contributed by atoms with Crippen LogP contribution < -0.4 is 15.8 Å². The first-order valence-corrected chi connectivity index (χ1v) is 5.34. The van der Waals surface area contributed by atoms with Gasteiger partial charge in [0.05, 0.1) is 12.6 Å². The van der Waals surface area contributed by atoms with Gasteiger partial charge >= 0.3 is 0 Å². The van der Waals surface area contributed by atoms with Gasteiger partial charge in [0.1, 0.15) is 11.9 Å². The topological polar surface area (TPSA) is 64.4 Å². The SMILES string of the molecule is CC(CNC(=O)[C@@H](C)N)Oc1ccccc1.Cl. The quantitative estimate of drug-likeness (QED) is 0.838. The van der Waals surface area contributed by atoms with Crippen molar-refractivity contribution in [1.82, 2.24) is 5.32 Å². The van der Waals surface area contributed by atoms with Crippen LogP contribution in [0.3, 0.4) is 0 Å². The van der Waals surface area contributed by atoms with Crippen LogP contribution in [0.2, 0.25) is 0 Å². The van der Waals surface area contributed by atoms with E-state index in [0.29, 0.717) is 6.54 Å². The third-order valence-corrected chi connectivity index (χ3v) is 2.06. The first-order chi connectivity index (χ1) is 7.59. The molecule has 2 atom stereocenters. The molecule has 3 N–H and O–H groups in total. The standard InChI is InChI=1S/C12H18N2O2.ClH/c1-9(8-14-12(15)10(2)13)16-11-6-4-3-5-7-11;/h3-7,9-10H,8,13H2,1-2H3,(H,14,15);1H/t9?,10-;/m1./s1. The first kappa shape index (κ1) is 15.7. The second kappa shape index (κ2) is 7.92. The smallest absolute Gasteiger partial charge is 0.236 e. The van der Waals surface area contributed by atoms with E-state index in [-0.39, 0.29) is 24.4 Å². The Hall–Kier alpha value is -1.26. The molecular formula is C12H19ClN2O2. The van der Waals surface area contributed by atoms with E-state index in [4.69, 9.17) is 10.5 Å². The Morgan fingerprint density at radius 3 is 2.47 bits per heavy atom. The Balaban J connectivity index is 0.00000256. The van der Waals surface area contributed by atoms with Crippen LogP contribution in [0.25, 0.3) is 0 Å². The van der Waals surface area contributed by atoms with Gasteiger partial charge in [-0.2, -0.15) is 0 Å². The summed E-state index contributed by atoms with van der Waals surface area (Å²) in [6, 6.07) is 9.01. The van der Waals surface area contributed by atoms with Gasteiger partial charge in [-0.25, -0.2) is 0 Å². The summed E-state index contributed by atoms with van der Waals surface area (Å²) >= 11 is 0. The van der Waals surface area contributed by atoms with Gasteiger partial charge in [0.25, 0.3) is 0 Å². The lowest BCUT2D eigenvalue weighted by atomic mass is 10.3. The molecule has 0 bridgehead atoms. The Morgan fingerprint density at radius 2 is 1.94 bits per heavy atom. The lowest BCUT2D eigenvalue weighted by Gasteiger charge is -2.16. The first-order valence-electron chi connectivity index (χ1n) is 5.34. The number of hydrogen-bond acceptors (Lipinski definition) is 3. The van der Waals surface area contributed by atoms with Crippen LogP contribution in [0, 0.1) is 0 Å². The maximum absolute atomic E-state index is 11.2. The Bertz CT molecular complexity index is 331. The molecule has 0 aliphatic rings. The van der Waals surface area contributed by atoms with E-state index >= 15 is 0 Å². The molecule has 1 unspecified atom stereocenters. The van der Waals surface area contributed by atoms with Gasteiger partial charge in [0, 0.05) is 0 Å². The molecule has 0 aromatic heterocycles. The summed E-state index contributed by atoms with van der Waals surface area (Å²) in [5.74, 6) is 0.633. The summed E-state index contributed by atoms with van der Waals surface area (Å²) in [6.45, 7) is 4.00. The van der Waals surface area contributed by atoms with E-state index in [2.05, 4.69) is 5.32 Å². The fourth-order valence-electron chi connectivity index (χ4n) is 1.18. The number of halogens is 1. The highest BCUT2D eigenvalue weighted by atomic mass is 35.5. The zero-order valence-corrected chi connectivity index (χ0v) is 10.9. The largest absolute Gasteiger partial charge is 0.489 e. The van der Waals surface area contributed by atoms with Crippen LogP contribution >= 0.6 is 12.4 Å². The Morgan fingerprint density at radius 1 is 1.35 bits per heavy atom. The highest BCUT2D eigenvalue weighted by Crippen LogP contribution is 2.10. The van der Waals surface area contributed by atoms with Gasteiger partial charge in [-0.3, -0.25) is 4.79 Å². The van der Waals surface area contributed by atoms with Crippen molar-refractivity contribution < 1.29 is 9.53 Å². The van der Waals surface area contributed by atoms with Crippen LogP contribution in [-0.2, 0) is 4.79 Å². The van der Waals surface area contributed by atoms with Crippen LogP contribution in [0.5, 0.6) is 5.75 Å². The summed E-state index contributed by atoms with van der Waals surface area (Å²) in [5, 5.41) is 2.71. The minimum atomic E-state index is -0.482. The number of amides is 1. The van der Waals surface area contributed by atoms with Crippen molar-refractivity contribution in [3.8, 4) is 5.75 Å². The lowest BCUT2D eigenvalue weighted by Crippen LogP contribution is -2.42. The van der Waals surface area contributed by atoms with Gasteiger partial charge in [0.15, 0.2) is 0 Å². The van der Waals surface area contributed by atoms with Crippen molar-refractivity contribution in [2.75, 3.05) is 6.54 Å². The Kier molecular flexibility index (Phi) is 7.34. The molecule has 0 spiro atoms. The number of para-hydroxylation sites is 1. The molecule has 1 aromatic carbocycles. The van der Waals surface area contributed by atoms with E-state index in [1.165, 1.54) is 0 Å². The van der Waals surface area contributed by atoms with Gasteiger partial charge in [-0.1, -0.05) is 18.2 Å². The number of ether oxygens (including phenoxy) is 1. The van der Waals surface area contributed by atoms with Crippen LogP contribution in [-0.4, -0.2) is 24.6 Å². The summed E-state index contributed by atoms with van der Waals surface area (Å²) < 4.78 is 5.59. The van der Waals surface area contributed by atoms with Gasteiger partial charge < -0.3 is 15.8 Å². The summed E-state index contributed by atoms with van der Waals surface area (Å²) in [6.07, 6.45) is -0.0786. The van der Waals surface area contributed by atoms with E-state index in [0.717, 1.165) is 5.75 Å².